The fourth-order valence-electron chi connectivity index (χ4n) is 3.56. The van der Waals surface area contributed by atoms with Gasteiger partial charge in [0.1, 0.15) is 0 Å². The van der Waals surface area contributed by atoms with Gasteiger partial charge in [-0.25, -0.2) is 0 Å². The first-order valence-corrected chi connectivity index (χ1v) is 9.15. The molecule has 0 bridgehead atoms. The summed E-state index contributed by atoms with van der Waals surface area (Å²) in [6, 6.07) is 10.5. The van der Waals surface area contributed by atoms with Crippen LogP contribution in [-0.4, -0.2) is 79.7 Å². The number of hydrogen-bond acceptors (Lipinski definition) is 5. The Balaban J connectivity index is 1.53. The van der Waals surface area contributed by atoms with Crippen LogP contribution in [0.2, 0.25) is 0 Å². The normalized spacial score (nSPS) is 23.7. The first-order chi connectivity index (χ1) is 11.8. The van der Waals surface area contributed by atoms with Gasteiger partial charge in [0, 0.05) is 45.9 Å². The van der Waals surface area contributed by atoms with Gasteiger partial charge in [-0.3, -0.25) is 9.80 Å². The zero-order valence-electron chi connectivity index (χ0n) is 14.5. The van der Waals surface area contributed by atoms with E-state index in [4.69, 9.17) is 9.47 Å². The van der Waals surface area contributed by atoms with E-state index in [1.54, 1.807) is 0 Å². The SMILES string of the molecule is OC(CN1CCOCC1)CN(Cc1ccccc1)CC1CCCO1. The van der Waals surface area contributed by atoms with Gasteiger partial charge in [-0.2, -0.15) is 0 Å². The molecule has 2 unspecified atom stereocenters. The van der Waals surface area contributed by atoms with Crippen LogP contribution in [0.15, 0.2) is 30.3 Å². The summed E-state index contributed by atoms with van der Waals surface area (Å²) in [4.78, 5) is 4.64. The molecule has 0 saturated carbocycles. The van der Waals surface area contributed by atoms with Crippen molar-refractivity contribution in [2.75, 3.05) is 52.5 Å². The average Bonchev–Trinajstić information content (AvgIpc) is 3.09. The summed E-state index contributed by atoms with van der Waals surface area (Å²) >= 11 is 0. The van der Waals surface area contributed by atoms with E-state index >= 15 is 0 Å². The van der Waals surface area contributed by atoms with E-state index in [-0.39, 0.29) is 6.10 Å². The highest BCUT2D eigenvalue weighted by Gasteiger charge is 2.22. The zero-order chi connectivity index (χ0) is 16.6. The summed E-state index contributed by atoms with van der Waals surface area (Å²) in [6.45, 7) is 7.43. The first-order valence-electron chi connectivity index (χ1n) is 9.15. The molecular formula is C19H30N2O3. The summed E-state index contributed by atoms with van der Waals surface area (Å²) in [5.74, 6) is 0. The van der Waals surface area contributed by atoms with Crippen LogP contribution < -0.4 is 0 Å². The Kier molecular flexibility index (Phi) is 7.05. The van der Waals surface area contributed by atoms with Crippen molar-refractivity contribution in [2.45, 2.75) is 31.6 Å². The Morgan fingerprint density at radius 2 is 1.96 bits per heavy atom. The van der Waals surface area contributed by atoms with Gasteiger partial charge in [0.2, 0.25) is 0 Å². The number of ether oxygens (including phenoxy) is 2. The maximum Gasteiger partial charge on any atom is 0.0793 e. The largest absolute Gasteiger partial charge is 0.390 e. The van der Waals surface area contributed by atoms with E-state index in [0.29, 0.717) is 12.6 Å². The molecule has 5 heteroatoms. The van der Waals surface area contributed by atoms with E-state index in [0.717, 1.165) is 65.4 Å². The first kappa shape index (κ1) is 17.8. The van der Waals surface area contributed by atoms with Gasteiger partial charge >= 0.3 is 0 Å². The monoisotopic (exact) mass is 334 g/mol. The van der Waals surface area contributed by atoms with Crippen molar-refractivity contribution >= 4 is 0 Å². The van der Waals surface area contributed by atoms with Crippen LogP contribution in [0.1, 0.15) is 18.4 Å². The second kappa shape index (κ2) is 9.49. The fourth-order valence-corrected chi connectivity index (χ4v) is 3.56. The van der Waals surface area contributed by atoms with Gasteiger partial charge in [0.05, 0.1) is 25.4 Å². The van der Waals surface area contributed by atoms with Crippen LogP contribution in [0.4, 0.5) is 0 Å². The Bertz CT molecular complexity index is 459. The highest BCUT2D eigenvalue weighted by Crippen LogP contribution is 2.15. The molecule has 2 atom stereocenters. The molecule has 0 amide bonds. The minimum absolute atomic E-state index is 0.310. The third kappa shape index (κ3) is 5.83. The van der Waals surface area contributed by atoms with Crippen molar-refractivity contribution in [3.63, 3.8) is 0 Å². The summed E-state index contributed by atoms with van der Waals surface area (Å²) in [6.07, 6.45) is 2.25. The molecule has 1 N–H and O–H groups in total. The molecule has 2 fully saturated rings. The third-order valence-corrected chi connectivity index (χ3v) is 4.78. The van der Waals surface area contributed by atoms with E-state index in [1.165, 1.54) is 5.56 Å². The van der Waals surface area contributed by atoms with Crippen molar-refractivity contribution in [1.29, 1.82) is 0 Å². The molecule has 1 aromatic carbocycles. The third-order valence-electron chi connectivity index (χ3n) is 4.78. The average molecular weight is 334 g/mol. The molecule has 24 heavy (non-hydrogen) atoms. The molecule has 3 rings (SSSR count). The van der Waals surface area contributed by atoms with Gasteiger partial charge in [-0.1, -0.05) is 30.3 Å². The maximum atomic E-state index is 10.6. The number of benzene rings is 1. The van der Waals surface area contributed by atoms with Crippen LogP contribution >= 0.6 is 0 Å². The summed E-state index contributed by atoms with van der Waals surface area (Å²) in [5.41, 5.74) is 1.29. The Morgan fingerprint density at radius 1 is 1.17 bits per heavy atom. The molecule has 1 aromatic rings. The second-order valence-corrected chi connectivity index (χ2v) is 6.88. The van der Waals surface area contributed by atoms with Crippen LogP contribution in [0, 0.1) is 0 Å². The molecule has 2 aliphatic rings. The maximum absolute atomic E-state index is 10.6. The van der Waals surface area contributed by atoms with Crippen molar-refractivity contribution in [1.82, 2.24) is 9.80 Å². The molecule has 5 nitrogen and oxygen atoms in total. The van der Waals surface area contributed by atoms with Crippen LogP contribution in [0.25, 0.3) is 0 Å². The minimum Gasteiger partial charge on any atom is -0.390 e. The summed E-state index contributed by atoms with van der Waals surface area (Å²) in [7, 11) is 0. The lowest BCUT2D eigenvalue weighted by atomic mass is 10.1. The number of rotatable bonds is 8. The van der Waals surface area contributed by atoms with Crippen molar-refractivity contribution in [3.8, 4) is 0 Å². The Labute approximate surface area is 145 Å². The van der Waals surface area contributed by atoms with Gasteiger partial charge in [0.15, 0.2) is 0 Å². The predicted molar refractivity (Wildman–Crippen MR) is 94.0 cm³/mol. The quantitative estimate of drug-likeness (QED) is 0.778. The number of aliphatic hydroxyl groups excluding tert-OH is 1. The summed E-state index contributed by atoms with van der Waals surface area (Å²) < 4.78 is 11.2. The lowest BCUT2D eigenvalue weighted by Crippen LogP contribution is -2.45. The number of β-amino-alcohol motifs (C(OH)–C–C–N with tert-alkyl or cyclic N) is 1. The molecule has 0 spiro atoms. The molecule has 0 aliphatic carbocycles. The summed E-state index contributed by atoms with van der Waals surface area (Å²) in [5, 5.41) is 10.6. The lowest BCUT2D eigenvalue weighted by molar-refractivity contribution is -0.000102. The van der Waals surface area contributed by atoms with Gasteiger partial charge in [-0.05, 0) is 18.4 Å². The van der Waals surface area contributed by atoms with E-state index in [1.807, 2.05) is 6.07 Å². The molecule has 2 heterocycles. The number of nitrogens with zero attached hydrogens (tertiary/aromatic N) is 2. The number of morpholine rings is 1. The zero-order valence-corrected chi connectivity index (χ0v) is 14.5. The van der Waals surface area contributed by atoms with Crippen molar-refractivity contribution in [2.24, 2.45) is 0 Å². The smallest absolute Gasteiger partial charge is 0.0793 e. The molecule has 134 valence electrons. The minimum atomic E-state index is -0.340. The predicted octanol–water partition coefficient (Wildman–Crippen LogP) is 1.36. The molecule has 0 aromatic heterocycles. The van der Waals surface area contributed by atoms with Gasteiger partial charge in [-0.15, -0.1) is 0 Å². The van der Waals surface area contributed by atoms with Crippen LogP contribution in [0.3, 0.4) is 0 Å². The van der Waals surface area contributed by atoms with Gasteiger partial charge < -0.3 is 14.6 Å². The second-order valence-electron chi connectivity index (χ2n) is 6.88. The van der Waals surface area contributed by atoms with Crippen LogP contribution in [-0.2, 0) is 16.0 Å². The van der Waals surface area contributed by atoms with E-state index in [2.05, 4.69) is 34.1 Å². The highest BCUT2D eigenvalue weighted by atomic mass is 16.5. The van der Waals surface area contributed by atoms with Crippen LogP contribution in [0.5, 0.6) is 0 Å². The lowest BCUT2D eigenvalue weighted by Gasteiger charge is -2.32. The Morgan fingerprint density at radius 3 is 2.67 bits per heavy atom. The molecule has 2 aliphatic heterocycles. The molecule has 2 saturated heterocycles. The Hall–Kier alpha value is -0.980. The number of hydrogen-bond donors (Lipinski definition) is 1. The highest BCUT2D eigenvalue weighted by molar-refractivity contribution is 5.14. The topological polar surface area (TPSA) is 45.2 Å². The standard InChI is InChI=1S/C19H30N2O3/c22-18(14-20-8-11-23-12-9-20)15-21(16-19-7-4-10-24-19)13-17-5-2-1-3-6-17/h1-3,5-6,18-19,22H,4,7-16H2. The molecular weight excluding hydrogens is 304 g/mol. The van der Waals surface area contributed by atoms with E-state index in [9.17, 15) is 5.11 Å². The van der Waals surface area contributed by atoms with E-state index < -0.39 is 0 Å². The number of aliphatic hydroxyl groups is 1. The van der Waals surface area contributed by atoms with Crippen molar-refractivity contribution < 1.29 is 14.6 Å². The van der Waals surface area contributed by atoms with Crippen molar-refractivity contribution in [3.05, 3.63) is 35.9 Å². The molecule has 0 radical (unpaired) electrons. The fraction of sp³-hybridized carbons (Fsp3) is 0.684. The van der Waals surface area contributed by atoms with Gasteiger partial charge in [0.25, 0.3) is 0 Å².